The Bertz CT molecular complexity index is 578. The third-order valence-electron chi connectivity index (χ3n) is 2.82. The van der Waals surface area contributed by atoms with Crippen molar-refractivity contribution < 1.29 is 13.9 Å². The molecule has 1 atom stereocenters. The minimum atomic E-state index is 0.0270. The Kier molecular flexibility index (Phi) is 4.58. The highest BCUT2D eigenvalue weighted by Crippen LogP contribution is 2.41. The van der Waals surface area contributed by atoms with E-state index in [0.717, 1.165) is 21.4 Å². The molecule has 19 heavy (non-hydrogen) atoms. The Hall–Kier alpha value is -0.940. The van der Waals surface area contributed by atoms with Crippen LogP contribution in [-0.4, -0.2) is 14.2 Å². The molecule has 0 fully saturated rings. The van der Waals surface area contributed by atoms with Gasteiger partial charge in [0.25, 0.3) is 0 Å². The van der Waals surface area contributed by atoms with E-state index in [9.17, 15) is 0 Å². The highest BCUT2D eigenvalue weighted by atomic mass is 79.9. The standard InChI is InChI=1S/C14H14Br2O3/c1-8-4-9(7-19-8)14(16)10-5-12(17-2)13(18-3)6-11(10)15/h4-7,14H,1-3H3. The molecule has 1 aromatic heterocycles. The molecule has 5 heteroatoms. The van der Waals surface area contributed by atoms with Crippen LogP contribution in [0.3, 0.4) is 0 Å². The van der Waals surface area contributed by atoms with Crippen molar-refractivity contribution in [3.8, 4) is 11.5 Å². The van der Waals surface area contributed by atoms with Crippen molar-refractivity contribution in [3.63, 3.8) is 0 Å². The summed E-state index contributed by atoms with van der Waals surface area (Å²) in [5.41, 5.74) is 2.11. The lowest BCUT2D eigenvalue weighted by atomic mass is 10.1. The summed E-state index contributed by atoms with van der Waals surface area (Å²) in [5, 5.41) is 0. The topological polar surface area (TPSA) is 31.6 Å². The average molecular weight is 390 g/mol. The summed E-state index contributed by atoms with van der Waals surface area (Å²) >= 11 is 7.24. The van der Waals surface area contributed by atoms with Gasteiger partial charge in [0.15, 0.2) is 11.5 Å². The first-order valence-electron chi connectivity index (χ1n) is 5.67. The van der Waals surface area contributed by atoms with Gasteiger partial charge >= 0.3 is 0 Å². The molecule has 0 aliphatic carbocycles. The van der Waals surface area contributed by atoms with Gasteiger partial charge in [-0.25, -0.2) is 0 Å². The van der Waals surface area contributed by atoms with Crippen LogP contribution in [0.5, 0.6) is 11.5 Å². The fourth-order valence-electron chi connectivity index (χ4n) is 1.84. The highest BCUT2D eigenvalue weighted by Gasteiger charge is 2.18. The lowest BCUT2D eigenvalue weighted by molar-refractivity contribution is 0.354. The molecule has 1 heterocycles. The number of methoxy groups -OCH3 is 2. The second-order valence-corrected chi connectivity index (χ2v) is 5.85. The Morgan fingerprint density at radius 1 is 1.11 bits per heavy atom. The van der Waals surface area contributed by atoms with Crippen LogP contribution in [-0.2, 0) is 0 Å². The molecule has 0 bridgehead atoms. The van der Waals surface area contributed by atoms with Gasteiger partial charge in [0.2, 0.25) is 0 Å². The van der Waals surface area contributed by atoms with Crippen molar-refractivity contribution in [1.82, 2.24) is 0 Å². The molecular formula is C14H14Br2O3. The molecule has 2 rings (SSSR count). The zero-order valence-electron chi connectivity index (χ0n) is 10.9. The van der Waals surface area contributed by atoms with E-state index in [4.69, 9.17) is 13.9 Å². The van der Waals surface area contributed by atoms with Crippen molar-refractivity contribution in [2.24, 2.45) is 0 Å². The van der Waals surface area contributed by atoms with Crippen LogP contribution in [0.1, 0.15) is 21.7 Å². The van der Waals surface area contributed by atoms with Crippen molar-refractivity contribution in [2.45, 2.75) is 11.8 Å². The van der Waals surface area contributed by atoms with Gasteiger partial charge in [-0.1, -0.05) is 31.9 Å². The molecule has 0 saturated heterocycles. The first-order chi connectivity index (χ1) is 9.06. The number of hydrogen-bond donors (Lipinski definition) is 0. The second kappa shape index (κ2) is 6.01. The molecule has 0 aliphatic rings. The summed E-state index contributed by atoms with van der Waals surface area (Å²) in [6.07, 6.45) is 1.75. The number of ether oxygens (including phenoxy) is 2. The van der Waals surface area contributed by atoms with Gasteiger partial charge in [-0.05, 0) is 30.7 Å². The molecule has 0 spiro atoms. The number of aryl methyl sites for hydroxylation is 1. The van der Waals surface area contributed by atoms with E-state index < -0.39 is 0 Å². The maximum absolute atomic E-state index is 5.35. The monoisotopic (exact) mass is 388 g/mol. The molecule has 0 amide bonds. The van der Waals surface area contributed by atoms with Crippen molar-refractivity contribution in [2.75, 3.05) is 14.2 Å². The van der Waals surface area contributed by atoms with Crippen LogP contribution in [0.25, 0.3) is 0 Å². The van der Waals surface area contributed by atoms with Crippen LogP contribution in [0.2, 0.25) is 0 Å². The number of hydrogen-bond acceptors (Lipinski definition) is 3. The third-order valence-corrected chi connectivity index (χ3v) is 4.53. The molecule has 1 unspecified atom stereocenters. The molecule has 102 valence electrons. The van der Waals surface area contributed by atoms with Crippen LogP contribution in [0, 0.1) is 6.92 Å². The summed E-state index contributed by atoms with van der Waals surface area (Å²) < 4.78 is 16.9. The first kappa shape index (κ1) is 14.5. The summed E-state index contributed by atoms with van der Waals surface area (Å²) in [6.45, 7) is 1.92. The molecule has 0 N–H and O–H groups in total. The van der Waals surface area contributed by atoms with E-state index in [1.54, 1.807) is 20.5 Å². The number of benzene rings is 1. The Labute approximate surface area is 129 Å². The Morgan fingerprint density at radius 3 is 2.26 bits per heavy atom. The van der Waals surface area contributed by atoms with E-state index in [1.165, 1.54) is 0 Å². The van der Waals surface area contributed by atoms with Gasteiger partial charge in [-0.3, -0.25) is 0 Å². The number of halogens is 2. The predicted molar refractivity (Wildman–Crippen MR) is 81.5 cm³/mol. The maximum atomic E-state index is 5.35. The fraction of sp³-hybridized carbons (Fsp3) is 0.286. The van der Waals surface area contributed by atoms with Crippen LogP contribution in [0.15, 0.2) is 33.4 Å². The minimum absolute atomic E-state index is 0.0270. The first-order valence-corrected chi connectivity index (χ1v) is 7.38. The molecule has 0 saturated carbocycles. The highest BCUT2D eigenvalue weighted by molar-refractivity contribution is 9.11. The van der Waals surface area contributed by atoms with Gasteiger partial charge < -0.3 is 13.9 Å². The van der Waals surface area contributed by atoms with Gasteiger partial charge in [0.05, 0.1) is 25.3 Å². The SMILES string of the molecule is COc1cc(Br)c(C(Br)c2coc(C)c2)cc1OC. The molecule has 3 nitrogen and oxygen atoms in total. The lowest BCUT2D eigenvalue weighted by Crippen LogP contribution is -1.97. The van der Waals surface area contributed by atoms with Crippen molar-refractivity contribution >= 4 is 31.9 Å². The number of rotatable bonds is 4. The minimum Gasteiger partial charge on any atom is -0.493 e. The Morgan fingerprint density at radius 2 is 1.74 bits per heavy atom. The van der Waals surface area contributed by atoms with Crippen LogP contribution in [0.4, 0.5) is 0 Å². The predicted octanol–water partition coefficient (Wildman–Crippen LogP) is 4.85. The molecular weight excluding hydrogens is 376 g/mol. The summed E-state index contributed by atoms with van der Waals surface area (Å²) in [6, 6.07) is 5.85. The van der Waals surface area contributed by atoms with E-state index in [-0.39, 0.29) is 4.83 Å². The normalized spacial score (nSPS) is 12.3. The van der Waals surface area contributed by atoms with Crippen LogP contribution >= 0.6 is 31.9 Å². The molecule has 0 aliphatic heterocycles. The van der Waals surface area contributed by atoms with Gasteiger partial charge in [-0.15, -0.1) is 0 Å². The van der Waals surface area contributed by atoms with Gasteiger partial charge in [0, 0.05) is 10.0 Å². The average Bonchev–Trinajstić information content (AvgIpc) is 2.84. The van der Waals surface area contributed by atoms with Gasteiger partial charge in [-0.2, -0.15) is 0 Å². The van der Waals surface area contributed by atoms with E-state index in [0.29, 0.717) is 11.5 Å². The number of alkyl halides is 1. The fourth-order valence-corrected chi connectivity index (χ4v) is 3.32. The summed E-state index contributed by atoms with van der Waals surface area (Å²) in [5.74, 6) is 2.28. The van der Waals surface area contributed by atoms with Crippen LogP contribution < -0.4 is 9.47 Å². The molecule has 0 radical (unpaired) electrons. The second-order valence-electron chi connectivity index (χ2n) is 4.08. The smallest absolute Gasteiger partial charge is 0.161 e. The zero-order chi connectivity index (χ0) is 14.0. The number of furan rings is 1. The van der Waals surface area contributed by atoms with E-state index in [2.05, 4.69) is 31.9 Å². The maximum Gasteiger partial charge on any atom is 0.161 e. The third kappa shape index (κ3) is 2.98. The summed E-state index contributed by atoms with van der Waals surface area (Å²) in [4.78, 5) is 0.0270. The molecule has 1 aromatic carbocycles. The lowest BCUT2D eigenvalue weighted by Gasteiger charge is -2.15. The quantitative estimate of drug-likeness (QED) is 0.700. The van der Waals surface area contributed by atoms with E-state index >= 15 is 0 Å². The van der Waals surface area contributed by atoms with Crippen molar-refractivity contribution in [3.05, 3.63) is 45.8 Å². The van der Waals surface area contributed by atoms with E-state index in [1.807, 2.05) is 25.1 Å². The largest absolute Gasteiger partial charge is 0.493 e. The molecule has 2 aromatic rings. The van der Waals surface area contributed by atoms with Gasteiger partial charge in [0.1, 0.15) is 5.76 Å². The summed E-state index contributed by atoms with van der Waals surface area (Å²) in [7, 11) is 3.25. The van der Waals surface area contributed by atoms with Crippen molar-refractivity contribution in [1.29, 1.82) is 0 Å². The zero-order valence-corrected chi connectivity index (χ0v) is 14.0. The Balaban J connectivity index is 2.44.